The van der Waals surface area contributed by atoms with E-state index in [-0.39, 0.29) is 11.9 Å². The topological polar surface area (TPSA) is 85.5 Å². The van der Waals surface area contributed by atoms with Crippen LogP contribution >= 0.6 is 0 Å². The lowest BCUT2D eigenvalue weighted by molar-refractivity contribution is 0.353. The molecule has 7 nitrogen and oxygen atoms in total. The summed E-state index contributed by atoms with van der Waals surface area (Å²) in [5.41, 5.74) is 12.0. The Balaban J connectivity index is 1.97. The highest BCUT2D eigenvalue weighted by molar-refractivity contribution is 5.91. The molecule has 2 heterocycles. The molecule has 8 heteroatoms. The fourth-order valence-corrected chi connectivity index (χ4v) is 2.98. The van der Waals surface area contributed by atoms with Crippen LogP contribution in [0, 0.1) is 5.82 Å². The molecule has 4 rings (SSSR count). The molecular formula is C17H18FN5O2. The van der Waals surface area contributed by atoms with Gasteiger partial charge in [-0.3, -0.25) is 5.01 Å². The van der Waals surface area contributed by atoms with Gasteiger partial charge in [0.05, 0.1) is 42.8 Å². The molecule has 130 valence electrons. The van der Waals surface area contributed by atoms with Crippen molar-refractivity contribution < 1.29 is 13.9 Å². The number of ether oxygens (including phenoxy) is 2. The molecule has 1 aromatic heterocycles. The minimum Gasteiger partial charge on any atom is -0.480 e. The van der Waals surface area contributed by atoms with Crippen molar-refractivity contribution in [1.29, 1.82) is 0 Å². The zero-order valence-electron chi connectivity index (χ0n) is 13.9. The minimum atomic E-state index is -0.395. The van der Waals surface area contributed by atoms with Gasteiger partial charge in [0.15, 0.2) is 0 Å². The Hall–Kier alpha value is -3.03. The van der Waals surface area contributed by atoms with E-state index in [0.29, 0.717) is 28.6 Å². The molecule has 2 aliphatic rings. The molecule has 2 aromatic rings. The van der Waals surface area contributed by atoms with Crippen LogP contribution in [0.1, 0.15) is 18.4 Å². The van der Waals surface area contributed by atoms with E-state index in [4.69, 9.17) is 15.2 Å². The fourth-order valence-electron chi connectivity index (χ4n) is 2.98. The number of anilines is 1. The number of nitrogens with one attached hydrogen (secondary N) is 1. The van der Waals surface area contributed by atoms with Crippen molar-refractivity contribution in [3.63, 3.8) is 0 Å². The second kappa shape index (κ2) is 5.80. The molecule has 1 saturated carbocycles. The maximum absolute atomic E-state index is 14.9. The number of fused-ring (bicyclic) bond motifs is 1. The molecule has 1 fully saturated rings. The Morgan fingerprint density at radius 1 is 1.24 bits per heavy atom. The van der Waals surface area contributed by atoms with E-state index < -0.39 is 5.82 Å². The minimum absolute atomic E-state index is 0.155. The summed E-state index contributed by atoms with van der Waals surface area (Å²) < 4.78 is 25.3. The highest BCUT2D eigenvalue weighted by Gasteiger charge is 2.36. The Labute approximate surface area is 144 Å². The standard InChI is InChI=1S/C17H18FN5O2/c1-24-16-11(7-20-17(22-16)25-2)14-12(18)6-5-10-13(19)8-21-23(15(10)14)9-3-4-9/h5-9,21H,3-4,19H2,1-2H3. The van der Waals surface area contributed by atoms with Gasteiger partial charge in [-0.1, -0.05) is 0 Å². The Morgan fingerprint density at radius 2 is 2.04 bits per heavy atom. The molecule has 25 heavy (non-hydrogen) atoms. The van der Waals surface area contributed by atoms with Gasteiger partial charge in [-0.2, -0.15) is 4.98 Å². The van der Waals surface area contributed by atoms with Crippen molar-refractivity contribution in [2.75, 3.05) is 19.2 Å². The number of halogens is 1. The van der Waals surface area contributed by atoms with Crippen LogP contribution in [-0.4, -0.2) is 30.2 Å². The molecular weight excluding hydrogens is 325 g/mol. The lowest BCUT2D eigenvalue weighted by Crippen LogP contribution is -2.40. The smallest absolute Gasteiger partial charge is 0.319 e. The number of benzene rings is 1. The van der Waals surface area contributed by atoms with Crippen LogP contribution in [0.3, 0.4) is 0 Å². The average molecular weight is 343 g/mol. The zero-order valence-corrected chi connectivity index (χ0v) is 13.9. The molecule has 1 aromatic carbocycles. The summed E-state index contributed by atoms with van der Waals surface area (Å²) in [6.07, 6.45) is 5.30. The van der Waals surface area contributed by atoms with Gasteiger partial charge in [0.2, 0.25) is 5.88 Å². The van der Waals surface area contributed by atoms with Crippen molar-refractivity contribution in [1.82, 2.24) is 15.4 Å². The van der Waals surface area contributed by atoms with Crippen molar-refractivity contribution in [3.8, 4) is 23.0 Å². The molecule has 1 aliphatic heterocycles. The van der Waals surface area contributed by atoms with Gasteiger partial charge < -0.3 is 20.6 Å². The van der Waals surface area contributed by atoms with Gasteiger partial charge in [0.1, 0.15) is 5.82 Å². The summed E-state index contributed by atoms with van der Waals surface area (Å²) in [5.74, 6) is -0.156. The summed E-state index contributed by atoms with van der Waals surface area (Å²) in [4.78, 5) is 8.29. The second-order valence-corrected chi connectivity index (χ2v) is 5.93. The van der Waals surface area contributed by atoms with Gasteiger partial charge in [0.25, 0.3) is 0 Å². The first-order valence-electron chi connectivity index (χ1n) is 7.93. The number of rotatable bonds is 4. The van der Waals surface area contributed by atoms with Gasteiger partial charge in [-0.15, -0.1) is 0 Å². The van der Waals surface area contributed by atoms with Crippen molar-refractivity contribution >= 4 is 11.4 Å². The number of hydrogen-bond acceptors (Lipinski definition) is 7. The van der Waals surface area contributed by atoms with E-state index in [0.717, 1.165) is 18.4 Å². The van der Waals surface area contributed by atoms with E-state index >= 15 is 0 Å². The number of hydrazine groups is 1. The normalized spacial score (nSPS) is 16.0. The predicted octanol–water partition coefficient (Wildman–Crippen LogP) is 2.04. The highest BCUT2D eigenvalue weighted by atomic mass is 19.1. The molecule has 3 N–H and O–H groups in total. The largest absolute Gasteiger partial charge is 0.480 e. The van der Waals surface area contributed by atoms with Gasteiger partial charge in [-0.05, 0) is 25.0 Å². The van der Waals surface area contributed by atoms with Gasteiger partial charge in [0, 0.05) is 18.0 Å². The van der Waals surface area contributed by atoms with Crippen LogP contribution in [-0.2, 0) is 0 Å². The van der Waals surface area contributed by atoms with Crippen LogP contribution in [0.5, 0.6) is 11.9 Å². The van der Waals surface area contributed by atoms with Gasteiger partial charge >= 0.3 is 6.01 Å². The monoisotopic (exact) mass is 343 g/mol. The van der Waals surface area contributed by atoms with E-state index in [1.807, 2.05) is 5.01 Å². The second-order valence-electron chi connectivity index (χ2n) is 5.93. The third-order valence-electron chi connectivity index (χ3n) is 4.33. The molecule has 0 atom stereocenters. The number of nitrogens with two attached hydrogens (primary N) is 1. The number of aromatic nitrogens is 2. The fraction of sp³-hybridized carbons (Fsp3) is 0.294. The van der Waals surface area contributed by atoms with E-state index in [1.54, 1.807) is 12.3 Å². The summed E-state index contributed by atoms with van der Waals surface area (Å²) in [7, 11) is 2.94. The molecule has 0 radical (unpaired) electrons. The highest BCUT2D eigenvalue weighted by Crippen LogP contribution is 2.45. The molecule has 0 unspecified atom stereocenters. The number of hydrogen-bond donors (Lipinski definition) is 2. The van der Waals surface area contributed by atoms with Crippen molar-refractivity contribution in [2.24, 2.45) is 5.73 Å². The SMILES string of the molecule is COc1ncc(-c2c(F)ccc3c2N(C2CC2)NC=C3N)c(OC)n1. The zero-order chi connectivity index (χ0) is 17.6. The summed E-state index contributed by atoms with van der Waals surface area (Å²) in [6, 6.07) is 3.54. The first-order chi connectivity index (χ1) is 12.1. The van der Waals surface area contributed by atoms with Crippen LogP contribution < -0.4 is 25.6 Å². The summed E-state index contributed by atoms with van der Waals surface area (Å²) in [5, 5.41) is 1.95. The van der Waals surface area contributed by atoms with Crippen molar-refractivity contribution in [2.45, 2.75) is 18.9 Å². The van der Waals surface area contributed by atoms with E-state index in [2.05, 4.69) is 15.4 Å². The van der Waals surface area contributed by atoms with E-state index in [1.165, 1.54) is 26.5 Å². The van der Waals surface area contributed by atoms with Gasteiger partial charge in [-0.25, -0.2) is 9.37 Å². The van der Waals surface area contributed by atoms with Crippen molar-refractivity contribution in [3.05, 3.63) is 35.9 Å². The Kier molecular flexibility index (Phi) is 3.60. The molecule has 0 saturated heterocycles. The maximum atomic E-state index is 14.9. The molecule has 0 spiro atoms. The lowest BCUT2D eigenvalue weighted by atomic mass is 9.98. The first-order valence-corrected chi connectivity index (χ1v) is 7.93. The van der Waals surface area contributed by atoms with Crippen LogP contribution in [0.2, 0.25) is 0 Å². The Bertz CT molecular complexity index is 866. The first kappa shape index (κ1) is 15.5. The maximum Gasteiger partial charge on any atom is 0.319 e. The quantitative estimate of drug-likeness (QED) is 0.879. The third kappa shape index (κ3) is 2.50. The number of methoxy groups -OCH3 is 2. The molecule has 1 aliphatic carbocycles. The van der Waals surface area contributed by atoms with Crippen LogP contribution in [0.15, 0.2) is 24.5 Å². The van der Waals surface area contributed by atoms with Crippen LogP contribution in [0.4, 0.5) is 10.1 Å². The van der Waals surface area contributed by atoms with E-state index in [9.17, 15) is 4.39 Å². The summed E-state index contributed by atoms with van der Waals surface area (Å²) >= 11 is 0. The third-order valence-corrected chi connectivity index (χ3v) is 4.33. The molecule has 0 amide bonds. The average Bonchev–Trinajstić information content (AvgIpc) is 3.46. The lowest BCUT2D eigenvalue weighted by Gasteiger charge is -2.33. The molecule has 0 bridgehead atoms. The summed E-state index contributed by atoms with van der Waals surface area (Å²) in [6.45, 7) is 0. The number of nitrogens with zero attached hydrogens (tertiary/aromatic N) is 3. The van der Waals surface area contributed by atoms with Crippen LogP contribution in [0.25, 0.3) is 16.8 Å². The predicted molar refractivity (Wildman–Crippen MR) is 91.3 cm³/mol. The Morgan fingerprint density at radius 3 is 2.72 bits per heavy atom.